The fourth-order valence-corrected chi connectivity index (χ4v) is 2.87. The van der Waals surface area contributed by atoms with Crippen molar-refractivity contribution in [2.45, 2.75) is 44.8 Å². The molecule has 5 heteroatoms. The zero-order valence-corrected chi connectivity index (χ0v) is 12.7. The molecule has 2 atom stereocenters. The second kappa shape index (κ2) is 7.62. The Labute approximate surface area is 126 Å². The molecule has 1 amide bonds. The van der Waals surface area contributed by atoms with E-state index in [9.17, 15) is 4.79 Å². The summed E-state index contributed by atoms with van der Waals surface area (Å²) < 4.78 is 0. The first-order valence-corrected chi connectivity index (χ1v) is 6.96. The highest BCUT2D eigenvalue weighted by Gasteiger charge is 2.25. The second-order valence-corrected chi connectivity index (χ2v) is 5.46. The van der Waals surface area contributed by atoms with Crippen molar-refractivity contribution in [2.75, 3.05) is 6.54 Å². The number of piperidine rings is 1. The molecule has 0 saturated carbocycles. The maximum absolute atomic E-state index is 11.2. The van der Waals surface area contributed by atoms with E-state index in [-0.39, 0.29) is 24.4 Å². The molecule has 1 saturated heterocycles. The Morgan fingerprint density at radius 2 is 2.20 bits per heavy atom. The van der Waals surface area contributed by atoms with Gasteiger partial charge in [0.1, 0.15) is 0 Å². The minimum Gasteiger partial charge on any atom is -0.366 e. The molecule has 4 nitrogen and oxygen atoms in total. The number of likely N-dealkylation sites (tertiary alicyclic amines) is 1. The number of benzene rings is 1. The lowest BCUT2D eigenvalue weighted by atomic mass is 9.96. The van der Waals surface area contributed by atoms with Gasteiger partial charge in [0.15, 0.2) is 0 Å². The van der Waals surface area contributed by atoms with E-state index in [0.29, 0.717) is 11.6 Å². The topological polar surface area (TPSA) is 72.3 Å². The van der Waals surface area contributed by atoms with Gasteiger partial charge in [-0.1, -0.05) is 18.6 Å². The van der Waals surface area contributed by atoms with Crippen LogP contribution < -0.4 is 11.5 Å². The van der Waals surface area contributed by atoms with Gasteiger partial charge in [-0.3, -0.25) is 9.69 Å². The Bertz CT molecular complexity index is 450. The van der Waals surface area contributed by atoms with Gasteiger partial charge in [-0.15, -0.1) is 12.4 Å². The van der Waals surface area contributed by atoms with E-state index in [1.165, 1.54) is 12.8 Å². The molecule has 0 bridgehead atoms. The van der Waals surface area contributed by atoms with Crippen LogP contribution in [0.3, 0.4) is 0 Å². The summed E-state index contributed by atoms with van der Waals surface area (Å²) in [5.41, 5.74) is 13.1. The second-order valence-electron chi connectivity index (χ2n) is 5.46. The van der Waals surface area contributed by atoms with Gasteiger partial charge in [0.05, 0.1) is 0 Å². The normalized spacial score (nSPS) is 21.0. The Hall–Kier alpha value is -1.10. The molecule has 1 aromatic rings. The minimum atomic E-state index is -0.371. The van der Waals surface area contributed by atoms with Crippen LogP contribution in [0.2, 0.25) is 0 Å². The monoisotopic (exact) mass is 297 g/mol. The summed E-state index contributed by atoms with van der Waals surface area (Å²) in [5, 5.41) is 0. The van der Waals surface area contributed by atoms with Gasteiger partial charge in [0, 0.05) is 24.2 Å². The summed E-state index contributed by atoms with van der Waals surface area (Å²) in [7, 11) is 0. The molecule has 0 spiro atoms. The first-order valence-electron chi connectivity index (χ1n) is 6.96. The standard InChI is InChI=1S/C15H23N3O.ClH/c1-11(16)14-7-2-3-8-18(14)10-12-5-4-6-13(9-12)15(17)19;/h4-6,9,11,14H,2-3,7-8,10,16H2,1H3,(H2,17,19);1H. The lowest BCUT2D eigenvalue weighted by Gasteiger charge is -2.38. The quantitative estimate of drug-likeness (QED) is 0.891. The summed E-state index contributed by atoms with van der Waals surface area (Å²) in [6, 6.07) is 8.19. The van der Waals surface area contributed by atoms with Gasteiger partial charge >= 0.3 is 0 Å². The molecular formula is C15H24ClN3O. The van der Waals surface area contributed by atoms with Crippen molar-refractivity contribution in [3.05, 3.63) is 35.4 Å². The number of halogens is 1. The molecule has 1 aromatic carbocycles. The van der Waals surface area contributed by atoms with Crippen LogP contribution >= 0.6 is 12.4 Å². The zero-order valence-electron chi connectivity index (χ0n) is 11.9. The highest BCUT2D eigenvalue weighted by molar-refractivity contribution is 5.92. The third kappa shape index (κ3) is 4.20. The smallest absolute Gasteiger partial charge is 0.248 e. The van der Waals surface area contributed by atoms with E-state index in [4.69, 9.17) is 11.5 Å². The summed E-state index contributed by atoms with van der Waals surface area (Å²) in [6.07, 6.45) is 3.63. The highest BCUT2D eigenvalue weighted by Crippen LogP contribution is 2.21. The van der Waals surface area contributed by atoms with E-state index in [1.54, 1.807) is 6.07 Å². The Morgan fingerprint density at radius 1 is 1.45 bits per heavy atom. The SMILES string of the molecule is CC(N)C1CCCCN1Cc1cccc(C(N)=O)c1.Cl. The van der Waals surface area contributed by atoms with Crippen molar-refractivity contribution >= 4 is 18.3 Å². The molecule has 0 aromatic heterocycles. The summed E-state index contributed by atoms with van der Waals surface area (Å²) in [6.45, 7) is 3.99. The van der Waals surface area contributed by atoms with Gasteiger partial charge in [-0.05, 0) is 44.0 Å². The lowest BCUT2D eigenvalue weighted by Crippen LogP contribution is -2.48. The number of nitrogens with zero attached hydrogens (tertiary/aromatic N) is 1. The van der Waals surface area contributed by atoms with Gasteiger partial charge in [0.2, 0.25) is 5.91 Å². The summed E-state index contributed by atoms with van der Waals surface area (Å²) in [4.78, 5) is 13.6. The average molecular weight is 298 g/mol. The summed E-state index contributed by atoms with van der Waals surface area (Å²) >= 11 is 0. The van der Waals surface area contributed by atoms with Crippen molar-refractivity contribution < 1.29 is 4.79 Å². The van der Waals surface area contributed by atoms with Crippen molar-refractivity contribution in [3.8, 4) is 0 Å². The molecule has 1 heterocycles. The van der Waals surface area contributed by atoms with Crippen LogP contribution in [0.1, 0.15) is 42.1 Å². The fourth-order valence-electron chi connectivity index (χ4n) is 2.87. The summed E-state index contributed by atoms with van der Waals surface area (Å²) in [5.74, 6) is -0.371. The van der Waals surface area contributed by atoms with Crippen LogP contribution in [0.5, 0.6) is 0 Å². The number of hydrogen-bond acceptors (Lipinski definition) is 3. The number of primary amides is 1. The number of nitrogens with two attached hydrogens (primary N) is 2. The Kier molecular flexibility index (Phi) is 6.46. The van der Waals surface area contributed by atoms with Crippen molar-refractivity contribution in [2.24, 2.45) is 11.5 Å². The lowest BCUT2D eigenvalue weighted by molar-refractivity contribution is 0.0999. The first kappa shape index (κ1) is 17.0. The number of carbonyl (C=O) groups is 1. The molecule has 20 heavy (non-hydrogen) atoms. The maximum Gasteiger partial charge on any atom is 0.248 e. The predicted molar refractivity (Wildman–Crippen MR) is 83.9 cm³/mol. The number of rotatable bonds is 4. The largest absolute Gasteiger partial charge is 0.366 e. The zero-order chi connectivity index (χ0) is 13.8. The molecule has 2 unspecified atom stereocenters. The van der Waals surface area contributed by atoms with Crippen LogP contribution in [-0.4, -0.2) is 29.4 Å². The van der Waals surface area contributed by atoms with Crippen molar-refractivity contribution in [1.29, 1.82) is 0 Å². The van der Waals surface area contributed by atoms with Crippen LogP contribution in [0.15, 0.2) is 24.3 Å². The van der Waals surface area contributed by atoms with Crippen molar-refractivity contribution in [3.63, 3.8) is 0 Å². The van der Waals surface area contributed by atoms with Crippen LogP contribution in [0.4, 0.5) is 0 Å². The molecule has 4 N–H and O–H groups in total. The van der Waals surface area contributed by atoms with Crippen LogP contribution in [-0.2, 0) is 6.54 Å². The molecule has 0 radical (unpaired) electrons. The molecule has 112 valence electrons. The highest BCUT2D eigenvalue weighted by atomic mass is 35.5. The number of carbonyl (C=O) groups excluding carboxylic acids is 1. The first-order chi connectivity index (χ1) is 9.08. The van der Waals surface area contributed by atoms with Gasteiger partial charge in [-0.25, -0.2) is 0 Å². The number of amides is 1. The molecule has 2 rings (SSSR count). The molecule has 1 aliphatic rings. The van der Waals surface area contributed by atoms with E-state index >= 15 is 0 Å². The Morgan fingerprint density at radius 3 is 2.85 bits per heavy atom. The Balaban J connectivity index is 0.00000200. The third-order valence-corrected chi connectivity index (χ3v) is 3.87. The van der Waals surface area contributed by atoms with E-state index < -0.39 is 0 Å². The van der Waals surface area contributed by atoms with Crippen LogP contribution in [0.25, 0.3) is 0 Å². The fraction of sp³-hybridized carbons (Fsp3) is 0.533. The molecule has 0 aliphatic carbocycles. The third-order valence-electron chi connectivity index (χ3n) is 3.87. The van der Waals surface area contributed by atoms with Gasteiger partial charge in [-0.2, -0.15) is 0 Å². The molecular weight excluding hydrogens is 274 g/mol. The average Bonchev–Trinajstić information content (AvgIpc) is 2.39. The van der Waals surface area contributed by atoms with E-state index in [2.05, 4.69) is 11.8 Å². The van der Waals surface area contributed by atoms with Gasteiger partial charge < -0.3 is 11.5 Å². The van der Waals surface area contributed by atoms with Crippen LogP contribution in [0, 0.1) is 0 Å². The predicted octanol–water partition coefficient (Wildman–Crippen LogP) is 1.91. The molecule has 1 fully saturated rings. The maximum atomic E-state index is 11.2. The van der Waals surface area contributed by atoms with Gasteiger partial charge in [0.25, 0.3) is 0 Å². The number of hydrogen-bond donors (Lipinski definition) is 2. The minimum absolute atomic E-state index is 0. The van der Waals surface area contributed by atoms with E-state index in [0.717, 1.165) is 25.1 Å². The van der Waals surface area contributed by atoms with Crippen molar-refractivity contribution in [1.82, 2.24) is 4.90 Å². The molecule has 1 aliphatic heterocycles. The van der Waals surface area contributed by atoms with E-state index in [1.807, 2.05) is 18.2 Å².